The van der Waals surface area contributed by atoms with Crippen molar-refractivity contribution in [3.8, 4) is 17.2 Å². The van der Waals surface area contributed by atoms with Crippen LogP contribution in [0.4, 0.5) is 4.39 Å². The summed E-state index contributed by atoms with van der Waals surface area (Å²) in [5, 5.41) is 4.10. The monoisotopic (exact) mass is 254 g/mol. The van der Waals surface area contributed by atoms with Crippen LogP contribution in [0.2, 0.25) is 0 Å². The fourth-order valence-electron chi connectivity index (χ4n) is 1.75. The van der Waals surface area contributed by atoms with Crippen LogP contribution in [0.25, 0.3) is 5.69 Å². The molecule has 0 N–H and O–H groups in total. The number of nitrogens with zero attached hydrogens (tertiary/aromatic N) is 2. The number of halogens is 1. The Morgan fingerprint density at radius 3 is 2.42 bits per heavy atom. The summed E-state index contributed by atoms with van der Waals surface area (Å²) in [5.74, 6) is 0.960. The summed E-state index contributed by atoms with van der Waals surface area (Å²) in [7, 11) is 0. The number of aromatic nitrogens is 2. The van der Waals surface area contributed by atoms with Crippen molar-refractivity contribution < 1.29 is 9.13 Å². The molecule has 0 unspecified atom stereocenters. The Bertz CT molecular complexity index is 679. The van der Waals surface area contributed by atoms with Crippen LogP contribution in [0, 0.1) is 5.82 Å². The van der Waals surface area contributed by atoms with E-state index >= 15 is 0 Å². The fourth-order valence-corrected chi connectivity index (χ4v) is 1.75. The van der Waals surface area contributed by atoms with E-state index in [4.69, 9.17) is 4.74 Å². The Morgan fingerprint density at radius 2 is 1.63 bits per heavy atom. The molecule has 3 rings (SSSR count). The van der Waals surface area contributed by atoms with Gasteiger partial charge >= 0.3 is 0 Å². The SMILES string of the molecule is Fc1ccccc1-n1cc(Oc2ccccc2)cn1. The molecule has 3 aromatic rings. The molecule has 1 heterocycles. The van der Waals surface area contributed by atoms with Gasteiger partial charge in [-0.1, -0.05) is 30.3 Å². The predicted molar refractivity (Wildman–Crippen MR) is 70.0 cm³/mol. The maximum atomic E-state index is 13.6. The van der Waals surface area contributed by atoms with E-state index in [-0.39, 0.29) is 5.82 Å². The Hall–Kier alpha value is -2.62. The molecule has 0 amide bonds. The van der Waals surface area contributed by atoms with E-state index in [0.29, 0.717) is 11.4 Å². The van der Waals surface area contributed by atoms with Gasteiger partial charge in [0.15, 0.2) is 5.75 Å². The normalized spacial score (nSPS) is 10.4. The molecule has 94 valence electrons. The number of para-hydroxylation sites is 2. The van der Waals surface area contributed by atoms with Gasteiger partial charge in [-0.2, -0.15) is 5.10 Å². The first kappa shape index (κ1) is 11.5. The topological polar surface area (TPSA) is 27.1 Å². The standard InChI is InChI=1S/C15H11FN2O/c16-14-8-4-5-9-15(14)18-11-13(10-17-18)19-12-6-2-1-3-7-12/h1-11H. The van der Waals surface area contributed by atoms with Gasteiger partial charge in [0.1, 0.15) is 17.3 Å². The van der Waals surface area contributed by atoms with E-state index in [9.17, 15) is 4.39 Å². The molecule has 0 saturated heterocycles. The number of hydrogen-bond acceptors (Lipinski definition) is 2. The highest BCUT2D eigenvalue weighted by atomic mass is 19.1. The molecule has 3 nitrogen and oxygen atoms in total. The zero-order valence-corrected chi connectivity index (χ0v) is 10.0. The quantitative estimate of drug-likeness (QED) is 0.710. The molecule has 19 heavy (non-hydrogen) atoms. The van der Waals surface area contributed by atoms with Crippen LogP contribution in [0.1, 0.15) is 0 Å². The van der Waals surface area contributed by atoms with Gasteiger partial charge in [-0.25, -0.2) is 9.07 Å². The van der Waals surface area contributed by atoms with E-state index in [0.717, 1.165) is 5.75 Å². The van der Waals surface area contributed by atoms with Crippen molar-refractivity contribution in [2.45, 2.75) is 0 Å². The lowest BCUT2D eigenvalue weighted by atomic mass is 10.3. The second kappa shape index (κ2) is 4.94. The van der Waals surface area contributed by atoms with Crippen molar-refractivity contribution in [2.75, 3.05) is 0 Å². The van der Waals surface area contributed by atoms with Gasteiger partial charge in [0.05, 0.1) is 12.4 Å². The number of hydrogen-bond donors (Lipinski definition) is 0. The Labute approximate surface area is 109 Å². The predicted octanol–water partition coefficient (Wildman–Crippen LogP) is 3.80. The summed E-state index contributed by atoms with van der Waals surface area (Å²) in [5.41, 5.74) is 0.394. The van der Waals surface area contributed by atoms with Gasteiger partial charge in [0.25, 0.3) is 0 Å². The third-order valence-electron chi connectivity index (χ3n) is 2.64. The van der Waals surface area contributed by atoms with Crippen molar-refractivity contribution >= 4 is 0 Å². The third kappa shape index (κ3) is 2.47. The van der Waals surface area contributed by atoms with Crippen molar-refractivity contribution in [2.24, 2.45) is 0 Å². The lowest BCUT2D eigenvalue weighted by molar-refractivity contribution is 0.482. The lowest BCUT2D eigenvalue weighted by Gasteiger charge is -2.02. The largest absolute Gasteiger partial charge is 0.454 e. The average Bonchev–Trinajstić information content (AvgIpc) is 2.89. The van der Waals surface area contributed by atoms with E-state index < -0.39 is 0 Å². The summed E-state index contributed by atoms with van der Waals surface area (Å²) in [6, 6.07) is 15.8. The highest BCUT2D eigenvalue weighted by Crippen LogP contribution is 2.22. The van der Waals surface area contributed by atoms with Crippen LogP contribution >= 0.6 is 0 Å². The molecular formula is C15H11FN2O. The summed E-state index contributed by atoms with van der Waals surface area (Å²) < 4.78 is 20.7. The first-order valence-electron chi connectivity index (χ1n) is 5.85. The van der Waals surface area contributed by atoms with Gasteiger partial charge in [-0.05, 0) is 24.3 Å². The van der Waals surface area contributed by atoms with E-state index in [1.807, 2.05) is 30.3 Å². The average molecular weight is 254 g/mol. The Morgan fingerprint density at radius 1 is 0.895 bits per heavy atom. The molecule has 0 aliphatic rings. The molecule has 2 aromatic carbocycles. The molecule has 0 fully saturated rings. The highest BCUT2D eigenvalue weighted by molar-refractivity contribution is 5.35. The molecule has 1 aromatic heterocycles. The zero-order chi connectivity index (χ0) is 13.1. The van der Waals surface area contributed by atoms with Crippen LogP contribution < -0.4 is 4.74 Å². The number of benzene rings is 2. The Balaban J connectivity index is 1.86. The molecule has 0 radical (unpaired) electrons. The van der Waals surface area contributed by atoms with Gasteiger partial charge in [0, 0.05) is 0 Å². The summed E-state index contributed by atoms with van der Waals surface area (Å²) >= 11 is 0. The Kier molecular flexibility index (Phi) is 2.98. The fraction of sp³-hybridized carbons (Fsp3) is 0. The molecule has 4 heteroatoms. The van der Waals surface area contributed by atoms with Gasteiger partial charge in [-0.3, -0.25) is 0 Å². The highest BCUT2D eigenvalue weighted by Gasteiger charge is 2.06. The van der Waals surface area contributed by atoms with E-state index in [1.165, 1.54) is 10.7 Å². The van der Waals surface area contributed by atoms with Crippen molar-refractivity contribution in [3.05, 3.63) is 72.8 Å². The minimum atomic E-state index is -0.322. The number of rotatable bonds is 3. The molecule has 0 saturated carbocycles. The minimum Gasteiger partial charge on any atom is -0.454 e. The molecule has 0 atom stereocenters. The van der Waals surface area contributed by atoms with Gasteiger partial charge in [-0.15, -0.1) is 0 Å². The smallest absolute Gasteiger partial charge is 0.165 e. The minimum absolute atomic E-state index is 0.322. The first-order valence-corrected chi connectivity index (χ1v) is 5.85. The molecule has 0 aliphatic carbocycles. The van der Waals surface area contributed by atoms with Gasteiger partial charge < -0.3 is 4.74 Å². The first-order chi connectivity index (χ1) is 9.33. The maximum Gasteiger partial charge on any atom is 0.165 e. The lowest BCUT2D eigenvalue weighted by Crippen LogP contribution is -1.96. The van der Waals surface area contributed by atoms with Crippen LogP contribution in [0.5, 0.6) is 11.5 Å². The summed E-state index contributed by atoms with van der Waals surface area (Å²) in [6.07, 6.45) is 3.20. The summed E-state index contributed by atoms with van der Waals surface area (Å²) in [6.45, 7) is 0. The van der Waals surface area contributed by atoms with Crippen molar-refractivity contribution in [1.82, 2.24) is 9.78 Å². The summed E-state index contributed by atoms with van der Waals surface area (Å²) in [4.78, 5) is 0. The van der Waals surface area contributed by atoms with E-state index in [2.05, 4.69) is 5.10 Å². The number of ether oxygens (including phenoxy) is 1. The zero-order valence-electron chi connectivity index (χ0n) is 10.0. The van der Waals surface area contributed by atoms with E-state index in [1.54, 1.807) is 30.6 Å². The van der Waals surface area contributed by atoms with Gasteiger partial charge in [0.2, 0.25) is 0 Å². The van der Waals surface area contributed by atoms with Crippen LogP contribution in [-0.2, 0) is 0 Å². The van der Waals surface area contributed by atoms with Crippen molar-refractivity contribution in [1.29, 1.82) is 0 Å². The second-order valence-corrected chi connectivity index (χ2v) is 3.99. The maximum absolute atomic E-state index is 13.6. The third-order valence-corrected chi connectivity index (χ3v) is 2.64. The molecule has 0 bridgehead atoms. The van der Waals surface area contributed by atoms with Crippen molar-refractivity contribution in [3.63, 3.8) is 0 Å². The van der Waals surface area contributed by atoms with Crippen LogP contribution in [0.3, 0.4) is 0 Å². The molecule has 0 aliphatic heterocycles. The van der Waals surface area contributed by atoms with Crippen LogP contribution in [0.15, 0.2) is 67.0 Å². The molecular weight excluding hydrogens is 243 g/mol. The molecule has 0 spiro atoms. The second-order valence-electron chi connectivity index (χ2n) is 3.99. The van der Waals surface area contributed by atoms with Crippen LogP contribution in [-0.4, -0.2) is 9.78 Å².